The van der Waals surface area contributed by atoms with Gasteiger partial charge in [0.1, 0.15) is 0 Å². The second-order valence-corrected chi connectivity index (χ2v) is 5.18. The van der Waals surface area contributed by atoms with Gasteiger partial charge in [-0.2, -0.15) is 0 Å². The summed E-state index contributed by atoms with van der Waals surface area (Å²) >= 11 is 3.48. The van der Waals surface area contributed by atoms with Crippen molar-refractivity contribution in [3.63, 3.8) is 0 Å². The van der Waals surface area contributed by atoms with Crippen molar-refractivity contribution in [2.24, 2.45) is 5.92 Å². The van der Waals surface area contributed by atoms with E-state index in [0.717, 1.165) is 17.3 Å². The van der Waals surface area contributed by atoms with E-state index in [1.165, 1.54) is 38.8 Å². The van der Waals surface area contributed by atoms with E-state index in [1.807, 2.05) is 0 Å². The van der Waals surface area contributed by atoms with E-state index in [-0.39, 0.29) is 0 Å². The van der Waals surface area contributed by atoms with Gasteiger partial charge >= 0.3 is 0 Å². The summed E-state index contributed by atoms with van der Waals surface area (Å²) in [5.41, 5.74) is 0. The molecule has 1 heterocycles. The summed E-state index contributed by atoms with van der Waals surface area (Å²) in [6, 6.07) is 0.871. The number of hydrogen-bond acceptors (Lipinski definition) is 1. The van der Waals surface area contributed by atoms with Crippen molar-refractivity contribution in [3.05, 3.63) is 0 Å². The molecule has 0 aliphatic carbocycles. The molecular formula is C11H22BrN. The number of halogens is 1. The molecule has 1 aliphatic heterocycles. The number of hydrogen-bond donors (Lipinski definition) is 0. The van der Waals surface area contributed by atoms with Crippen LogP contribution < -0.4 is 0 Å². The normalized spacial score (nSPS) is 24.5. The maximum atomic E-state index is 3.48. The zero-order valence-electron chi connectivity index (χ0n) is 8.93. The Morgan fingerprint density at radius 2 is 2.15 bits per heavy atom. The van der Waals surface area contributed by atoms with E-state index in [9.17, 15) is 0 Å². The fourth-order valence-electron chi connectivity index (χ4n) is 2.29. The Morgan fingerprint density at radius 1 is 1.38 bits per heavy atom. The van der Waals surface area contributed by atoms with Crippen LogP contribution in [0.15, 0.2) is 0 Å². The molecule has 0 bridgehead atoms. The van der Waals surface area contributed by atoms with Crippen LogP contribution in [0.25, 0.3) is 0 Å². The molecule has 2 heteroatoms. The van der Waals surface area contributed by atoms with Gasteiger partial charge in [-0.1, -0.05) is 29.8 Å². The third kappa shape index (κ3) is 3.59. The van der Waals surface area contributed by atoms with Crippen LogP contribution in [-0.2, 0) is 0 Å². The first-order valence-electron chi connectivity index (χ1n) is 5.55. The highest BCUT2D eigenvalue weighted by Crippen LogP contribution is 2.23. The zero-order valence-corrected chi connectivity index (χ0v) is 10.5. The van der Waals surface area contributed by atoms with Gasteiger partial charge in [0, 0.05) is 11.4 Å². The smallest absolute Gasteiger partial charge is 0.0119 e. The van der Waals surface area contributed by atoms with Crippen molar-refractivity contribution < 1.29 is 0 Å². The van der Waals surface area contributed by atoms with Gasteiger partial charge in [0.2, 0.25) is 0 Å². The van der Waals surface area contributed by atoms with Gasteiger partial charge in [-0.25, -0.2) is 0 Å². The van der Waals surface area contributed by atoms with Crippen molar-refractivity contribution in [1.82, 2.24) is 4.90 Å². The molecule has 1 fully saturated rings. The Balaban J connectivity index is 2.23. The SMILES string of the molecule is CC(C)C1CCCN1CCCCBr. The van der Waals surface area contributed by atoms with Gasteiger partial charge in [-0.05, 0) is 44.7 Å². The Hall–Kier alpha value is 0.440. The van der Waals surface area contributed by atoms with Crippen LogP contribution in [0.4, 0.5) is 0 Å². The van der Waals surface area contributed by atoms with E-state index >= 15 is 0 Å². The molecular weight excluding hydrogens is 226 g/mol. The van der Waals surface area contributed by atoms with E-state index in [4.69, 9.17) is 0 Å². The standard InChI is InChI=1S/C11H22BrN/c1-10(2)11-6-5-9-13(11)8-4-3-7-12/h10-11H,3-9H2,1-2H3. The molecule has 0 radical (unpaired) electrons. The van der Waals surface area contributed by atoms with Crippen LogP contribution in [0.3, 0.4) is 0 Å². The Bertz CT molecular complexity index is 136. The minimum absolute atomic E-state index is 0.839. The lowest BCUT2D eigenvalue weighted by Crippen LogP contribution is -2.34. The molecule has 1 rings (SSSR count). The summed E-state index contributed by atoms with van der Waals surface area (Å²) in [5.74, 6) is 0.839. The molecule has 0 aromatic heterocycles. The predicted molar refractivity (Wildman–Crippen MR) is 62.5 cm³/mol. The van der Waals surface area contributed by atoms with Crippen LogP contribution in [-0.4, -0.2) is 29.4 Å². The van der Waals surface area contributed by atoms with Crippen LogP contribution >= 0.6 is 15.9 Å². The van der Waals surface area contributed by atoms with Crippen molar-refractivity contribution in [3.8, 4) is 0 Å². The Labute approximate surface area is 91.0 Å². The molecule has 0 N–H and O–H groups in total. The summed E-state index contributed by atoms with van der Waals surface area (Å²) in [6.07, 6.45) is 5.51. The fraction of sp³-hybridized carbons (Fsp3) is 1.00. The minimum Gasteiger partial charge on any atom is -0.300 e. The van der Waals surface area contributed by atoms with Crippen molar-refractivity contribution in [2.75, 3.05) is 18.4 Å². The lowest BCUT2D eigenvalue weighted by Gasteiger charge is -2.27. The first-order valence-corrected chi connectivity index (χ1v) is 6.68. The molecule has 0 aromatic carbocycles. The second kappa shape index (κ2) is 6.02. The third-order valence-corrected chi connectivity index (χ3v) is 3.57. The highest BCUT2D eigenvalue weighted by molar-refractivity contribution is 9.09. The maximum Gasteiger partial charge on any atom is 0.0119 e. The molecule has 1 aliphatic rings. The van der Waals surface area contributed by atoms with Gasteiger partial charge in [-0.15, -0.1) is 0 Å². The predicted octanol–water partition coefficient (Wildman–Crippen LogP) is 3.28. The monoisotopic (exact) mass is 247 g/mol. The lowest BCUT2D eigenvalue weighted by atomic mass is 10.0. The average Bonchev–Trinajstić information content (AvgIpc) is 2.53. The molecule has 0 saturated carbocycles. The van der Waals surface area contributed by atoms with Crippen molar-refractivity contribution in [1.29, 1.82) is 0 Å². The van der Waals surface area contributed by atoms with Gasteiger partial charge in [0.15, 0.2) is 0 Å². The maximum absolute atomic E-state index is 3.48. The quantitative estimate of drug-likeness (QED) is 0.533. The molecule has 13 heavy (non-hydrogen) atoms. The number of alkyl halides is 1. The molecule has 78 valence electrons. The number of unbranched alkanes of at least 4 members (excludes halogenated alkanes) is 1. The highest BCUT2D eigenvalue weighted by Gasteiger charge is 2.25. The average molecular weight is 248 g/mol. The van der Waals surface area contributed by atoms with Crippen LogP contribution in [0.2, 0.25) is 0 Å². The summed E-state index contributed by atoms with van der Waals surface area (Å²) < 4.78 is 0. The highest BCUT2D eigenvalue weighted by atomic mass is 79.9. The third-order valence-electron chi connectivity index (χ3n) is 3.01. The summed E-state index contributed by atoms with van der Waals surface area (Å²) in [5, 5.41) is 1.16. The molecule has 1 atom stereocenters. The van der Waals surface area contributed by atoms with Gasteiger partial charge in [-0.3, -0.25) is 0 Å². The van der Waals surface area contributed by atoms with Crippen LogP contribution in [0.5, 0.6) is 0 Å². The van der Waals surface area contributed by atoms with Crippen molar-refractivity contribution in [2.45, 2.75) is 45.6 Å². The zero-order chi connectivity index (χ0) is 9.68. The largest absolute Gasteiger partial charge is 0.300 e. The number of likely N-dealkylation sites (tertiary alicyclic amines) is 1. The molecule has 1 saturated heterocycles. The van der Waals surface area contributed by atoms with E-state index in [2.05, 4.69) is 34.7 Å². The number of nitrogens with zero attached hydrogens (tertiary/aromatic N) is 1. The lowest BCUT2D eigenvalue weighted by molar-refractivity contribution is 0.204. The molecule has 0 amide bonds. The first kappa shape index (κ1) is 11.5. The van der Waals surface area contributed by atoms with Gasteiger partial charge in [0.25, 0.3) is 0 Å². The second-order valence-electron chi connectivity index (χ2n) is 4.39. The van der Waals surface area contributed by atoms with E-state index in [1.54, 1.807) is 0 Å². The van der Waals surface area contributed by atoms with Gasteiger partial charge in [0.05, 0.1) is 0 Å². The van der Waals surface area contributed by atoms with Crippen molar-refractivity contribution >= 4 is 15.9 Å². The minimum atomic E-state index is 0.839. The Morgan fingerprint density at radius 3 is 2.77 bits per heavy atom. The summed E-state index contributed by atoms with van der Waals surface area (Å²) in [7, 11) is 0. The molecule has 1 nitrogen and oxygen atoms in total. The Kier molecular flexibility index (Phi) is 5.34. The summed E-state index contributed by atoms with van der Waals surface area (Å²) in [4.78, 5) is 2.69. The topological polar surface area (TPSA) is 3.24 Å². The molecule has 0 aromatic rings. The number of rotatable bonds is 5. The van der Waals surface area contributed by atoms with Crippen LogP contribution in [0.1, 0.15) is 39.5 Å². The molecule has 0 spiro atoms. The van der Waals surface area contributed by atoms with Gasteiger partial charge < -0.3 is 4.90 Å². The van der Waals surface area contributed by atoms with E-state index < -0.39 is 0 Å². The van der Waals surface area contributed by atoms with E-state index in [0.29, 0.717) is 0 Å². The summed E-state index contributed by atoms with van der Waals surface area (Å²) in [6.45, 7) is 7.36. The first-order chi connectivity index (χ1) is 6.25. The molecule has 1 unspecified atom stereocenters. The van der Waals surface area contributed by atoms with Crippen LogP contribution in [0, 0.1) is 5.92 Å². The fourth-order valence-corrected chi connectivity index (χ4v) is 2.69.